The molecule has 84 valence electrons. The number of halogens is 1. The Bertz CT molecular complexity index is 320. The SMILES string of the molecule is CCC(O)CCNc1ncnc(Cl)c1C. The van der Waals surface area contributed by atoms with E-state index in [0.29, 0.717) is 18.1 Å². The van der Waals surface area contributed by atoms with E-state index in [1.54, 1.807) is 0 Å². The molecule has 1 aromatic heterocycles. The topological polar surface area (TPSA) is 58.0 Å². The first kappa shape index (κ1) is 12.2. The number of hydrogen-bond donors (Lipinski definition) is 2. The summed E-state index contributed by atoms with van der Waals surface area (Å²) in [6.45, 7) is 4.50. The molecule has 4 nitrogen and oxygen atoms in total. The first-order chi connectivity index (χ1) is 7.15. The largest absolute Gasteiger partial charge is 0.393 e. The molecule has 1 unspecified atom stereocenters. The second-order valence-electron chi connectivity index (χ2n) is 3.42. The molecule has 0 saturated heterocycles. The average molecular weight is 230 g/mol. The van der Waals surface area contributed by atoms with Crippen LogP contribution < -0.4 is 5.32 Å². The molecule has 0 aliphatic carbocycles. The maximum atomic E-state index is 9.36. The van der Waals surface area contributed by atoms with Gasteiger partial charge in [-0.2, -0.15) is 0 Å². The Morgan fingerprint density at radius 2 is 2.27 bits per heavy atom. The van der Waals surface area contributed by atoms with E-state index in [-0.39, 0.29) is 6.10 Å². The predicted molar refractivity (Wildman–Crippen MR) is 61.2 cm³/mol. The van der Waals surface area contributed by atoms with Gasteiger partial charge >= 0.3 is 0 Å². The van der Waals surface area contributed by atoms with Crippen LogP contribution >= 0.6 is 11.6 Å². The summed E-state index contributed by atoms with van der Waals surface area (Å²) in [4.78, 5) is 7.94. The molecule has 1 atom stereocenters. The fourth-order valence-electron chi connectivity index (χ4n) is 1.17. The van der Waals surface area contributed by atoms with E-state index < -0.39 is 0 Å². The summed E-state index contributed by atoms with van der Waals surface area (Å²) < 4.78 is 0. The third-order valence-electron chi connectivity index (χ3n) is 2.26. The first-order valence-electron chi connectivity index (χ1n) is 5.04. The number of aliphatic hydroxyl groups excluding tert-OH is 1. The summed E-state index contributed by atoms with van der Waals surface area (Å²) >= 11 is 5.84. The molecule has 0 aromatic carbocycles. The summed E-state index contributed by atoms with van der Waals surface area (Å²) in [5.41, 5.74) is 0.838. The van der Waals surface area contributed by atoms with Crippen LogP contribution in [0.25, 0.3) is 0 Å². The van der Waals surface area contributed by atoms with Crippen LogP contribution in [0.5, 0.6) is 0 Å². The highest BCUT2D eigenvalue weighted by molar-refractivity contribution is 6.30. The highest BCUT2D eigenvalue weighted by Gasteiger charge is 2.05. The quantitative estimate of drug-likeness (QED) is 0.759. The number of rotatable bonds is 5. The summed E-state index contributed by atoms with van der Waals surface area (Å²) in [5.74, 6) is 0.735. The predicted octanol–water partition coefficient (Wildman–Crippen LogP) is 2.01. The molecule has 0 radical (unpaired) electrons. The monoisotopic (exact) mass is 229 g/mol. The molecule has 1 rings (SSSR count). The van der Waals surface area contributed by atoms with Crippen molar-refractivity contribution in [3.8, 4) is 0 Å². The van der Waals surface area contributed by atoms with Gasteiger partial charge in [0.2, 0.25) is 0 Å². The molecule has 0 aliphatic rings. The lowest BCUT2D eigenvalue weighted by atomic mass is 10.2. The molecule has 2 N–H and O–H groups in total. The second-order valence-corrected chi connectivity index (χ2v) is 3.77. The summed E-state index contributed by atoms with van der Waals surface area (Å²) in [7, 11) is 0. The van der Waals surface area contributed by atoms with E-state index in [1.165, 1.54) is 6.33 Å². The van der Waals surface area contributed by atoms with Crippen molar-refractivity contribution < 1.29 is 5.11 Å². The lowest BCUT2D eigenvalue weighted by Crippen LogP contribution is -2.13. The van der Waals surface area contributed by atoms with E-state index in [9.17, 15) is 5.11 Å². The van der Waals surface area contributed by atoms with Gasteiger partial charge in [0.1, 0.15) is 17.3 Å². The van der Waals surface area contributed by atoms with Crippen molar-refractivity contribution in [2.45, 2.75) is 32.8 Å². The van der Waals surface area contributed by atoms with E-state index in [0.717, 1.165) is 17.8 Å². The minimum absolute atomic E-state index is 0.255. The minimum atomic E-state index is -0.255. The lowest BCUT2D eigenvalue weighted by molar-refractivity contribution is 0.164. The molecular weight excluding hydrogens is 214 g/mol. The zero-order valence-corrected chi connectivity index (χ0v) is 9.75. The molecule has 0 amide bonds. The van der Waals surface area contributed by atoms with Crippen LogP contribution in [-0.4, -0.2) is 27.7 Å². The fourth-order valence-corrected chi connectivity index (χ4v) is 1.30. The molecular formula is C10H16ClN3O. The Morgan fingerprint density at radius 3 is 2.93 bits per heavy atom. The van der Waals surface area contributed by atoms with Crippen LogP contribution in [-0.2, 0) is 0 Å². The zero-order valence-electron chi connectivity index (χ0n) is 9.00. The first-order valence-corrected chi connectivity index (χ1v) is 5.42. The summed E-state index contributed by atoms with van der Waals surface area (Å²) in [6.07, 6.45) is 2.64. The molecule has 0 spiro atoms. The van der Waals surface area contributed by atoms with E-state index in [4.69, 9.17) is 11.6 Å². The number of aromatic nitrogens is 2. The van der Waals surface area contributed by atoms with Crippen molar-refractivity contribution in [2.24, 2.45) is 0 Å². The van der Waals surface area contributed by atoms with Crippen LogP contribution in [0.15, 0.2) is 6.33 Å². The average Bonchev–Trinajstić information content (AvgIpc) is 2.24. The normalized spacial score (nSPS) is 12.5. The Labute approximate surface area is 94.7 Å². The molecule has 1 aromatic rings. The van der Waals surface area contributed by atoms with Gasteiger partial charge in [-0.05, 0) is 19.8 Å². The Morgan fingerprint density at radius 1 is 1.53 bits per heavy atom. The number of nitrogens with zero attached hydrogens (tertiary/aromatic N) is 2. The number of hydrogen-bond acceptors (Lipinski definition) is 4. The van der Waals surface area contributed by atoms with Crippen LogP contribution in [0.3, 0.4) is 0 Å². The van der Waals surface area contributed by atoms with Gasteiger partial charge in [0.25, 0.3) is 0 Å². The summed E-state index contributed by atoms with van der Waals surface area (Å²) in [6, 6.07) is 0. The zero-order chi connectivity index (χ0) is 11.3. The molecule has 15 heavy (non-hydrogen) atoms. The lowest BCUT2D eigenvalue weighted by Gasteiger charge is -2.10. The Balaban J connectivity index is 2.47. The molecule has 5 heteroatoms. The van der Waals surface area contributed by atoms with Crippen molar-refractivity contribution in [3.63, 3.8) is 0 Å². The maximum absolute atomic E-state index is 9.36. The van der Waals surface area contributed by atoms with Crippen LogP contribution in [0.2, 0.25) is 5.15 Å². The second kappa shape index (κ2) is 5.88. The van der Waals surface area contributed by atoms with Gasteiger partial charge in [0.15, 0.2) is 0 Å². The number of anilines is 1. The standard InChI is InChI=1S/C10H16ClN3O/c1-3-8(15)4-5-12-10-7(2)9(11)13-6-14-10/h6,8,15H,3-5H2,1-2H3,(H,12,13,14). The van der Waals surface area contributed by atoms with Gasteiger partial charge in [-0.25, -0.2) is 9.97 Å². The molecule has 0 saturated carbocycles. The molecule has 0 fully saturated rings. The van der Waals surface area contributed by atoms with Gasteiger partial charge in [-0.3, -0.25) is 0 Å². The van der Waals surface area contributed by atoms with Gasteiger partial charge < -0.3 is 10.4 Å². The van der Waals surface area contributed by atoms with Gasteiger partial charge in [0, 0.05) is 12.1 Å². The van der Waals surface area contributed by atoms with Crippen LogP contribution in [0, 0.1) is 6.92 Å². The smallest absolute Gasteiger partial charge is 0.137 e. The highest BCUT2D eigenvalue weighted by Crippen LogP contribution is 2.17. The van der Waals surface area contributed by atoms with Crippen molar-refractivity contribution in [1.82, 2.24) is 9.97 Å². The number of nitrogens with one attached hydrogen (secondary N) is 1. The minimum Gasteiger partial charge on any atom is -0.393 e. The Hall–Kier alpha value is -0.870. The van der Waals surface area contributed by atoms with E-state index >= 15 is 0 Å². The van der Waals surface area contributed by atoms with E-state index in [2.05, 4.69) is 15.3 Å². The number of aliphatic hydroxyl groups is 1. The Kier molecular flexibility index (Phi) is 4.78. The molecule has 1 heterocycles. The molecule has 0 bridgehead atoms. The van der Waals surface area contributed by atoms with E-state index in [1.807, 2.05) is 13.8 Å². The van der Waals surface area contributed by atoms with Gasteiger partial charge in [-0.1, -0.05) is 18.5 Å². The van der Waals surface area contributed by atoms with Gasteiger partial charge in [0.05, 0.1) is 6.10 Å². The van der Waals surface area contributed by atoms with Crippen LogP contribution in [0.1, 0.15) is 25.3 Å². The third-order valence-corrected chi connectivity index (χ3v) is 2.64. The summed E-state index contributed by atoms with van der Waals surface area (Å²) in [5, 5.41) is 12.9. The maximum Gasteiger partial charge on any atom is 0.137 e. The third kappa shape index (κ3) is 3.64. The van der Waals surface area contributed by atoms with Gasteiger partial charge in [-0.15, -0.1) is 0 Å². The molecule has 0 aliphatic heterocycles. The van der Waals surface area contributed by atoms with Crippen molar-refractivity contribution in [3.05, 3.63) is 17.0 Å². The van der Waals surface area contributed by atoms with Crippen molar-refractivity contribution in [1.29, 1.82) is 0 Å². The highest BCUT2D eigenvalue weighted by atomic mass is 35.5. The van der Waals surface area contributed by atoms with Crippen molar-refractivity contribution >= 4 is 17.4 Å². The van der Waals surface area contributed by atoms with Crippen molar-refractivity contribution in [2.75, 3.05) is 11.9 Å². The fraction of sp³-hybridized carbons (Fsp3) is 0.600. The van der Waals surface area contributed by atoms with Crippen LogP contribution in [0.4, 0.5) is 5.82 Å².